The van der Waals surface area contributed by atoms with Crippen molar-refractivity contribution in [2.24, 2.45) is 0 Å². The maximum absolute atomic E-state index is 12.2. The highest BCUT2D eigenvalue weighted by Crippen LogP contribution is 2.16. The Labute approximate surface area is 139 Å². The minimum absolute atomic E-state index is 0.247. The van der Waals surface area contributed by atoms with Crippen LogP contribution in [0.2, 0.25) is 0 Å². The molecule has 122 valence electrons. The smallest absolute Gasteiger partial charge is 0.274 e. The van der Waals surface area contributed by atoms with E-state index in [4.69, 9.17) is 4.52 Å². The van der Waals surface area contributed by atoms with Gasteiger partial charge in [0.15, 0.2) is 5.82 Å². The highest BCUT2D eigenvalue weighted by Gasteiger charge is 2.08. The van der Waals surface area contributed by atoms with Gasteiger partial charge in [-0.25, -0.2) is 4.98 Å². The number of nitrogens with one attached hydrogen (secondary N) is 2. The summed E-state index contributed by atoms with van der Waals surface area (Å²) in [7, 11) is 0. The molecule has 0 radical (unpaired) electrons. The summed E-state index contributed by atoms with van der Waals surface area (Å²) in [5.41, 5.74) is 3.05. The van der Waals surface area contributed by atoms with Crippen molar-refractivity contribution in [3.8, 4) is 0 Å². The van der Waals surface area contributed by atoms with Crippen LogP contribution in [0.5, 0.6) is 0 Å². The van der Waals surface area contributed by atoms with Crippen molar-refractivity contribution in [1.82, 2.24) is 10.1 Å². The summed E-state index contributed by atoms with van der Waals surface area (Å²) in [5, 5.41) is 9.73. The number of nitrogens with zero attached hydrogens (tertiary/aromatic N) is 2. The molecule has 2 heterocycles. The fourth-order valence-corrected chi connectivity index (χ4v) is 2.19. The van der Waals surface area contributed by atoms with Gasteiger partial charge in [-0.15, -0.1) is 0 Å². The summed E-state index contributed by atoms with van der Waals surface area (Å²) in [6.07, 6.45) is 2.55. The van der Waals surface area contributed by atoms with Crippen LogP contribution in [0.15, 0.2) is 53.2 Å². The molecular formula is C18H18N4O2. The van der Waals surface area contributed by atoms with Crippen molar-refractivity contribution in [3.63, 3.8) is 0 Å². The molecule has 0 aliphatic rings. The third-order valence-corrected chi connectivity index (χ3v) is 3.52. The largest absolute Gasteiger partial charge is 0.360 e. The predicted octanol–water partition coefficient (Wildman–Crippen LogP) is 3.94. The Kier molecular flexibility index (Phi) is 4.56. The number of aryl methyl sites for hydroxylation is 2. The van der Waals surface area contributed by atoms with Crippen molar-refractivity contribution in [3.05, 3.63) is 65.7 Å². The Balaban J connectivity index is 1.64. The van der Waals surface area contributed by atoms with Gasteiger partial charge in [0.05, 0.1) is 11.9 Å². The molecule has 0 unspecified atom stereocenters. The Morgan fingerprint density at radius 2 is 1.88 bits per heavy atom. The van der Waals surface area contributed by atoms with E-state index in [1.165, 1.54) is 5.56 Å². The first-order valence-corrected chi connectivity index (χ1v) is 7.70. The molecule has 0 bridgehead atoms. The zero-order chi connectivity index (χ0) is 16.9. The zero-order valence-electron chi connectivity index (χ0n) is 13.5. The van der Waals surface area contributed by atoms with Gasteiger partial charge in [-0.1, -0.05) is 24.2 Å². The molecule has 1 amide bonds. The molecule has 0 aliphatic carbocycles. The van der Waals surface area contributed by atoms with E-state index in [1.54, 1.807) is 24.4 Å². The van der Waals surface area contributed by atoms with Crippen molar-refractivity contribution >= 4 is 23.1 Å². The number of aromatic nitrogens is 2. The quantitative estimate of drug-likeness (QED) is 0.744. The van der Waals surface area contributed by atoms with Crippen molar-refractivity contribution in [2.75, 3.05) is 10.6 Å². The molecule has 0 aliphatic heterocycles. The molecule has 0 fully saturated rings. The Morgan fingerprint density at radius 1 is 1.12 bits per heavy atom. The Hall–Kier alpha value is -3.15. The number of amides is 1. The van der Waals surface area contributed by atoms with Gasteiger partial charge in [-0.05, 0) is 43.2 Å². The predicted molar refractivity (Wildman–Crippen MR) is 92.5 cm³/mol. The SMILES string of the molecule is CCc1ccc(NC(=O)c2ccc(Nc3cc(C)on3)cn2)cc1. The van der Waals surface area contributed by atoms with E-state index in [9.17, 15) is 4.79 Å². The monoisotopic (exact) mass is 322 g/mol. The second-order valence-corrected chi connectivity index (χ2v) is 5.38. The van der Waals surface area contributed by atoms with Crippen LogP contribution in [0.1, 0.15) is 28.7 Å². The summed E-state index contributed by atoms with van der Waals surface area (Å²) in [5.74, 6) is 1.07. The normalized spacial score (nSPS) is 10.4. The lowest BCUT2D eigenvalue weighted by Gasteiger charge is -2.06. The third-order valence-electron chi connectivity index (χ3n) is 3.52. The van der Waals surface area contributed by atoms with Gasteiger partial charge < -0.3 is 15.2 Å². The number of rotatable bonds is 5. The van der Waals surface area contributed by atoms with Crippen LogP contribution < -0.4 is 10.6 Å². The minimum Gasteiger partial charge on any atom is -0.360 e. The summed E-state index contributed by atoms with van der Waals surface area (Å²) in [6.45, 7) is 3.91. The standard InChI is InChI=1S/C18H18N4O2/c1-3-13-4-6-14(7-5-13)21-18(23)16-9-8-15(11-19-16)20-17-10-12(2)24-22-17/h4-11H,3H2,1-2H3,(H,20,22)(H,21,23). The van der Waals surface area contributed by atoms with Crippen LogP contribution in [-0.4, -0.2) is 16.0 Å². The molecule has 0 saturated heterocycles. The first kappa shape index (κ1) is 15.7. The van der Waals surface area contributed by atoms with Gasteiger partial charge in [0, 0.05) is 11.8 Å². The lowest BCUT2D eigenvalue weighted by molar-refractivity contribution is 0.102. The topological polar surface area (TPSA) is 80.0 Å². The minimum atomic E-state index is -0.247. The van der Waals surface area contributed by atoms with Gasteiger partial charge in [0.2, 0.25) is 0 Å². The Bertz CT molecular complexity index is 823. The van der Waals surface area contributed by atoms with Crippen LogP contribution in [0, 0.1) is 6.92 Å². The lowest BCUT2D eigenvalue weighted by Crippen LogP contribution is -2.13. The highest BCUT2D eigenvalue weighted by molar-refractivity contribution is 6.02. The molecule has 2 N–H and O–H groups in total. The van der Waals surface area contributed by atoms with E-state index in [2.05, 4.69) is 27.7 Å². The molecule has 6 heteroatoms. The maximum atomic E-state index is 12.2. The molecular weight excluding hydrogens is 304 g/mol. The van der Waals surface area contributed by atoms with Gasteiger partial charge in [0.1, 0.15) is 11.5 Å². The molecule has 0 spiro atoms. The highest BCUT2D eigenvalue weighted by atomic mass is 16.5. The molecule has 24 heavy (non-hydrogen) atoms. The fraction of sp³-hybridized carbons (Fsp3) is 0.167. The summed E-state index contributed by atoms with van der Waals surface area (Å²) < 4.78 is 4.98. The van der Waals surface area contributed by atoms with Crippen LogP contribution >= 0.6 is 0 Å². The molecule has 2 aromatic heterocycles. The zero-order valence-corrected chi connectivity index (χ0v) is 13.5. The van der Waals surface area contributed by atoms with Gasteiger partial charge in [-0.3, -0.25) is 4.79 Å². The third kappa shape index (κ3) is 3.78. The number of anilines is 3. The van der Waals surface area contributed by atoms with E-state index < -0.39 is 0 Å². The first-order valence-electron chi connectivity index (χ1n) is 7.70. The summed E-state index contributed by atoms with van der Waals surface area (Å²) >= 11 is 0. The van der Waals surface area contributed by atoms with E-state index in [1.807, 2.05) is 31.2 Å². The maximum Gasteiger partial charge on any atom is 0.274 e. The number of hydrogen-bond donors (Lipinski definition) is 2. The van der Waals surface area contributed by atoms with E-state index in [-0.39, 0.29) is 5.91 Å². The molecule has 3 aromatic rings. The molecule has 6 nitrogen and oxygen atoms in total. The number of hydrogen-bond acceptors (Lipinski definition) is 5. The number of carbonyl (C=O) groups is 1. The van der Waals surface area contributed by atoms with Crippen molar-refractivity contribution < 1.29 is 9.32 Å². The second kappa shape index (κ2) is 6.95. The first-order chi connectivity index (χ1) is 11.6. The van der Waals surface area contributed by atoms with Crippen molar-refractivity contribution in [1.29, 1.82) is 0 Å². The fourth-order valence-electron chi connectivity index (χ4n) is 2.19. The molecule has 1 aromatic carbocycles. The number of benzene rings is 1. The summed E-state index contributed by atoms with van der Waals surface area (Å²) in [4.78, 5) is 16.4. The van der Waals surface area contributed by atoms with E-state index >= 15 is 0 Å². The lowest BCUT2D eigenvalue weighted by atomic mass is 10.1. The average molecular weight is 322 g/mol. The molecule has 0 saturated carbocycles. The number of pyridine rings is 1. The average Bonchev–Trinajstić information content (AvgIpc) is 3.01. The molecule has 0 atom stereocenters. The molecule has 3 rings (SSSR count). The van der Waals surface area contributed by atoms with Crippen LogP contribution in [0.3, 0.4) is 0 Å². The van der Waals surface area contributed by atoms with Gasteiger partial charge in [0.25, 0.3) is 5.91 Å². The second-order valence-electron chi connectivity index (χ2n) is 5.38. The van der Waals surface area contributed by atoms with Crippen LogP contribution in [-0.2, 0) is 6.42 Å². The van der Waals surface area contributed by atoms with E-state index in [0.29, 0.717) is 11.5 Å². The Morgan fingerprint density at radius 3 is 2.46 bits per heavy atom. The van der Waals surface area contributed by atoms with Crippen molar-refractivity contribution in [2.45, 2.75) is 20.3 Å². The van der Waals surface area contributed by atoms with Crippen LogP contribution in [0.4, 0.5) is 17.2 Å². The van der Waals surface area contributed by atoms with Gasteiger partial charge >= 0.3 is 0 Å². The summed E-state index contributed by atoms with van der Waals surface area (Å²) in [6, 6.07) is 13.0. The van der Waals surface area contributed by atoms with Gasteiger partial charge in [-0.2, -0.15) is 0 Å². The number of carbonyl (C=O) groups excluding carboxylic acids is 1. The van der Waals surface area contributed by atoms with E-state index in [0.717, 1.165) is 23.6 Å². The van der Waals surface area contributed by atoms with Crippen LogP contribution in [0.25, 0.3) is 0 Å².